The van der Waals surface area contributed by atoms with Crippen LogP contribution in [0.4, 0.5) is 0 Å². The minimum absolute atomic E-state index is 0.244. The Morgan fingerprint density at radius 1 is 1.30 bits per heavy atom. The molecule has 0 aliphatic rings. The van der Waals surface area contributed by atoms with E-state index in [0.29, 0.717) is 0 Å². The van der Waals surface area contributed by atoms with Crippen molar-refractivity contribution in [3.05, 3.63) is 0 Å². The van der Waals surface area contributed by atoms with Crippen LogP contribution >= 0.6 is 0 Å². The first kappa shape index (κ1) is 9.92. The molecule has 0 fully saturated rings. The van der Waals surface area contributed by atoms with E-state index in [4.69, 9.17) is 4.74 Å². The maximum atomic E-state index is 4.92. The third-order valence-corrected chi connectivity index (χ3v) is 1.18. The van der Waals surface area contributed by atoms with Gasteiger partial charge in [0, 0.05) is 19.3 Å². The fraction of sp³-hybridized carbons (Fsp3) is 1.00. The van der Waals surface area contributed by atoms with E-state index in [1.807, 2.05) is 0 Å². The molecule has 0 radical (unpaired) electrons. The van der Waals surface area contributed by atoms with E-state index in [-0.39, 0.29) is 5.54 Å². The fourth-order valence-electron chi connectivity index (χ4n) is 0.680. The monoisotopic (exact) mass is 145 g/mol. The average Bonchev–Trinajstić information content (AvgIpc) is 1.78. The zero-order valence-electron chi connectivity index (χ0n) is 7.53. The molecule has 0 rings (SSSR count). The Labute approximate surface area is 64.0 Å². The molecule has 0 aliphatic carbocycles. The summed E-state index contributed by atoms with van der Waals surface area (Å²) in [7, 11) is 1.73. The van der Waals surface area contributed by atoms with Crippen LogP contribution in [0.25, 0.3) is 0 Å². The molecule has 0 heterocycles. The van der Waals surface area contributed by atoms with Gasteiger partial charge in [-0.25, -0.2) is 0 Å². The molecule has 0 bridgehead atoms. The molecule has 0 aromatic rings. The lowest BCUT2D eigenvalue weighted by Gasteiger charge is -2.20. The molecule has 62 valence electrons. The topological polar surface area (TPSA) is 21.3 Å². The van der Waals surface area contributed by atoms with Gasteiger partial charge in [-0.15, -0.1) is 0 Å². The molecule has 0 amide bonds. The highest BCUT2D eigenvalue weighted by Gasteiger charge is 2.06. The van der Waals surface area contributed by atoms with Crippen LogP contribution in [0, 0.1) is 0 Å². The van der Waals surface area contributed by atoms with Gasteiger partial charge in [0.25, 0.3) is 0 Å². The van der Waals surface area contributed by atoms with E-state index < -0.39 is 0 Å². The molecule has 0 aromatic heterocycles. The van der Waals surface area contributed by atoms with Gasteiger partial charge in [-0.05, 0) is 33.7 Å². The van der Waals surface area contributed by atoms with E-state index >= 15 is 0 Å². The van der Waals surface area contributed by atoms with Gasteiger partial charge < -0.3 is 10.1 Å². The van der Waals surface area contributed by atoms with Gasteiger partial charge in [-0.2, -0.15) is 0 Å². The second-order valence-electron chi connectivity index (χ2n) is 3.52. The number of ether oxygens (including phenoxy) is 1. The average molecular weight is 145 g/mol. The molecule has 1 N–H and O–H groups in total. The van der Waals surface area contributed by atoms with Gasteiger partial charge in [0.05, 0.1) is 0 Å². The van der Waals surface area contributed by atoms with E-state index in [2.05, 4.69) is 26.1 Å². The Morgan fingerprint density at radius 3 is 2.30 bits per heavy atom. The summed E-state index contributed by atoms with van der Waals surface area (Å²) < 4.78 is 4.92. The number of nitrogens with one attached hydrogen (secondary N) is 1. The molecule has 2 heteroatoms. The van der Waals surface area contributed by atoms with E-state index in [0.717, 1.165) is 19.6 Å². The Kier molecular flexibility index (Phi) is 4.65. The minimum Gasteiger partial charge on any atom is -0.385 e. The predicted octanol–water partition coefficient (Wildman–Crippen LogP) is 1.41. The van der Waals surface area contributed by atoms with Crippen LogP contribution in [0.2, 0.25) is 0 Å². The maximum absolute atomic E-state index is 4.92. The lowest BCUT2D eigenvalue weighted by atomic mass is 10.1. The Hall–Kier alpha value is -0.0800. The van der Waals surface area contributed by atoms with Crippen LogP contribution < -0.4 is 5.32 Å². The molecule has 0 spiro atoms. The van der Waals surface area contributed by atoms with Crippen molar-refractivity contribution in [3.63, 3.8) is 0 Å². The molecular formula is C8H19NO. The van der Waals surface area contributed by atoms with Gasteiger partial charge in [0.1, 0.15) is 0 Å². The standard InChI is InChI=1S/C8H19NO/c1-8(2,3)9-6-5-7-10-4/h9H,5-7H2,1-4H3. The van der Waals surface area contributed by atoms with Crippen molar-refractivity contribution >= 4 is 0 Å². The van der Waals surface area contributed by atoms with Crippen molar-refractivity contribution in [3.8, 4) is 0 Å². The zero-order valence-corrected chi connectivity index (χ0v) is 7.53. The number of methoxy groups -OCH3 is 1. The molecule has 0 unspecified atom stereocenters. The smallest absolute Gasteiger partial charge is 0.0474 e. The molecule has 10 heavy (non-hydrogen) atoms. The first-order valence-corrected chi connectivity index (χ1v) is 3.80. The highest BCUT2D eigenvalue weighted by Crippen LogP contribution is 1.97. The number of rotatable bonds is 4. The van der Waals surface area contributed by atoms with Crippen molar-refractivity contribution in [2.24, 2.45) is 0 Å². The second-order valence-corrected chi connectivity index (χ2v) is 3.52. The van der Waals surface area contributed by atoms with Gasteiger partial charge in [0.15, 0.2) is 0 Å². The third-order valence-electron chi connectivity index (χ3n) is 1.18. The summed E-state index contributed by atoms with van der Waals surface area (Å²) in [5.74, 6) is 0. The van der Waals surface area contributed by atoms with Crippen LogP contribution in [0.15, 0.2) is 0 Å². The lowest BCUT2D eigenvalue weighted by Crippen LogP contribution is -2.36. The summed E-state index contributed by atoms with van der Waals surface area (Å²) in [5, 5.41) is 3.38. The van der Waals surface area contributed by atoms with Gasteiger partial charge in [-0.3, -0.25) is 0 Å². The van der Waals surface area contributed by atoms with Crippen LogP contribution in [-0.2, 0) is 4.74 Å². The largest absolute Gasteiger partial charge is 0.385 e. The molecular weight excluding hydrogens is 126 g/mol. The Morgan fingerprint density at radius 2 is 1.90 bits per heavy atom. The fourth-order valence-corrected chi connectivity index (χ4v) is 0.680. The molecule has 0 saturated heterocycles. The Balaban J connectivity index is 3.04. The summed E-state index contributed by atoms with van der Waals surface area (Å²) in [6.45, 7) is 8.39. The van der Waals surface area contributed by atoms with Crippen molar-refractivity contribution in [2.75, 3.05) is 20.3 Å². The zero-order chi connectivity index (χ0) is 8.04. The quantitative estimate of drug-likeness (QED) is 0.604. The van der Waals surface area contributed by atoms with Crippen molar-refractivity contribution in [2.45, 2.75) is 32.7 Å². The number of hydrogen-bond acceptors (Lipinski definition) is 2. The molecule has 0 aromatic carbocycles. The predicted molar refractivity (Wildman–Crippen MR) is 44.2 cm³/mol. The molecule has 2 nitrogen and oxygen atoms in total. The summed E-state index contributed by atoms with van der Waals surface area (Å²) in [6.07, 6.45) is 1.09. The molecule has 0 atom stereocenters. The normalized spacial score (nSPS) is 12.0. The highest BCUT2D eigenvalue weighted by molar-refractivity contribution is 4.69. The van der Waals surface area contributed by atoms with Gasteiger partial charge in [0.2, 0.25) is 0 Å². The summed E-state index contributed by atoms with van der Waals surface area (Å²) in [4.78, 5) is 0. The van der Waals surface area contributed by atoms with Crippen LogP contribution in [-0.4, -0.2) is 25.8 Å². The third kappa shape index (κ3) is 7.92. The van der Waals surface area contributed by atoms with Gasteiger partial charge >= 0.3 is 0 Å². The van der Waals surface area contributed by atoms with Gasteiger partial charge in [-0.1, -0.05) is 0 Å². The minimum atomic E-state index is 0.244. The molecule has 0 saturated carbocycles. The summed E-state index contributed by atoms with van der Waals surface area (Å²) in [6, 6.07) is 0. The second kappa shape index (κ2) is 4.69. The van der Waals surface area contributed by atoms with Crippen LogP contribution in [0.5, 0.6) is 0 Å². The van der Waals surface area contributed by atoms with Crippen molar-refractivity contribution in [1.29, 1.82) is 0 Å². The molecule has 0 aliphatic heterocycles. The maximum Gasteiger partial charge on any atom is 0.0474 e. The SMILES string of the molecule is COCCCNC(C)(C)C. The first-order chi connectivity index (χ1) is 4.56. The summed E-state index contributed by atoms with van der Waals surface area (Å²) >= 11 is 0. The van der Waals surface area contributed by atoms with Crippen LogP contribution in [0.1, 0.15) is 27.2 Å². The van der Waals surface area contributed by atoms with E-state index in [9.17, 15) is 0 Å². The number of hydrogen-bond donors (Lipinski definition) is 1. The first-order valence-electron chi connectivity index (χ1n) is 3.80. The lowest BCUT2D eigenvalue weighted by molar-refractivity contribution is 0.191. The van der Waals surface area contributed by atoms with E-state index in [1.165, 1.54) is 0 Å². The highest BCUT2D eigenvalue weighted by atomic mass is 16.5. The van der Waals surface area contributed by atoms with Crippen LogP contribution in [0.3, 0.4) is 0 Å². The van der Waals surface area contributed by atoms with Crippen molar-refractivity contribution < 1.29 is 4.74 Å². The summed E-state index contributed by atoms with van der Waals surface area (Å²) in [5.41, 5.74) is 0.244. The van der Waals surface area contributed by atoms with Crippen molar-refractivity contribution in [1.82, 2.24) is 5.32 Å². The van der Waals surface area contributed by atoms with E-state index in [1.54, 1.807) is 7.11 Å². The Bertz CT molecular complexity index is 75.8.